The number of fused-ring (bicyclic) bond motifs is 2. The van der Waals surface area contributed by atoms with E-state index in [1.54, 1.807) is 12.1 Å². The number of carbonyl (C=O) groups excluding carboxylic acids is 2. The summed E-state index contributed by atoms with van der Waals surface area (Å²) in [7, 11) is 2.01. The summed E-state index contributed by atoms with van der Waals surface area (Å²) in [5.41, 5.74) is 8.37. The Morgan fingerprint density at radius 2 is 1.29 bits per heavy atom. The van der Waals surface area contributed by atoms with Crippen molar-refractivity contribution in [1.82, 2.24) is 0 Å². The molecule has 0 N–H and O–H groups in total. The van der Waals surface area contributed by atoms with Crippen molar-refractivity contribution < 1.29 is 23.6 Å². The molecule has 6 aromatic rings. The molecule has 0 radical (unpaired) electrons. The smallest absolute Gasteiger partial charge is 0.345 e. The molecule has 0 amide bonds. The van der Waals surface area contributed by atoms with Gasteiger partial charge < -0.3 is 9.47 Å². The lowest BCUT2D eigenvalue weighted by atomic mass is 10.00. The molecule has 0 saturated carbocycles. The zero-order chi connectivity index (χ0) is 31.5. The van der Waals surface area contributed by atoms with Crippen LogP contribution in [0.25, 0.3) is 34.0 Å². The topological polar surface area (TPSA) is 56.5 Å². The fraction of sp³-hybridized carbons (Fsp3) is 0.125. The first-order valence-electron chi connectivity index (χ1n) is 14.9. The van der Waals surface area contributed by atoms with Crippen LogP contribution in [-0.4, -0.2) is 11.9 Å². The number of aromatic nitrogens is 1. The lowest BCUT2D eigenvalue weighted by Gasteiger charge is -2.15. The van der Waals surface area contributed by atoms with Gasteiger partial charge in [-0.1, -0.05) is 90.5 Å². The van der Waals surface area contributed by atoms with E-state index in [0.717, 1.165) is 38.5 Å². The molecule has 6 rings (SSSR count). The summed E-state index contributed by atoms with van der Waals surface area (Å²) in [5.74, 6) is -0.448. The molecule has 0 bridgehead atoms. The minimum atomic E-state index is -0.453. The SMILES string of the molecule is Cc1ccc(/C=C/c2ccc3c(C(=O)Oc4c(C)cc(C(=O)OCc5ccccc5)cc4C)c4ccccc4[n+](C)c3c2)cc1. The fourth-order valence-electron chi connectivity index (χ4n) is 5.66. The summed E-state index contributed by atoms with van der Waals surface area (Å²) in [5, 5.41) is 1.60. The molecular weight excluding hydrogens is 558 g/mol. The van der Waals surface area contributed by atoms with Crippen LogP contribution in [0.15, 0.2) is 109 Å². The van der Waals surface area contributed by atoms with Crippen molar-refractivity contribution in [3.8, 4) is 5.75 Å². The van der Waals surface area contributed by atoms with Gasteiger partial charge in [0.05, 0.1) is 21.9 Å². The second-order valence-corrected chi connectivity index (χ2v) is 11.4. The molecule has 0 spiro atoms. The summed E-state index contributed by atoms with van der Waals surface area (Å²) >= 11 is 0. The van der Waals surface area contributed by atoms with Gasteiger partial charge in [-0.25, -0.2) is 9.59 Å². The molecule has 1 heterocycles. The highest BCUT2D eigenvalue weighted by Gasteiger charge is 2.25. The highest BCUT2D eigenvalue weighted by molar-refractivity contribution is 6.13. The third-order valence-corrected chi connectivity index (χ3v) is 8.04. The lowest BCUT2D eigenvalue weighted by molar-refractivity contribution is -0.617. The number of carbonyl (C=O) groups is 2. The minimum Gasteiger partial charge on any atom is -0.457 e. The van der Waals surface area contributed by atoms with Gasteiger partial charge in [0, 0.05) is 12.1 Å². The van der Waals surface area contributed by atoms with E-state index < -0.39 is 11.9 Å². The highest BCUT2D eigenvalue weighted by atomic mass is 16.5. The van der Waals surface area contributed by atoms with Gasteiger partial charge in [0.15, 0.2) is 0 Å². The average Bonchev–Trinajstić information content (AvgIpc) is 3.05. The van der Waals surface area contributed by atoms with E-state index in [1.165, 1.54) is 5.56 Å². The summed E-state index contributed by atoms with van der Waals surface area (Å²) in [6.07, 6.45) is 4.17. The van der Waals surface area contributed by atoms with Crippen LogP contribution in [0.2, 0.25) is 0 Å². The second-order valence-electron chi connectivity index (χ2n) is 11.4. The Hall–Kier alpha value is -5.55. The first kappa shape index (κ1) is 29.5. The number of benzene rings is 5. The number of para-hydroxylation sites is 1. The van der Waals surface area contributed by atoms with Crippen LogP contribution >= 0.6 is 0 Å². The molecule has 0 aliphatic carbocycles. The predicted octanol–water partition coefficient (Wildman–Crippen LogP) is 8.49. The van der Waals surface area contributed by atoms with Crippen molar-refractivity contribution in [2.24, 2.45) is 7.05 Å². The molecule has 222 valence electrons. The maximum Gasteiger partial charge on any atom is 0.345 e. The van der Waals surface area contributed by atoms with Crippen LogP contribution in [0.1, 0.15) is 54.1 Å². The van der Waals surface area contributed by atoms with Crippen LogP contribution in [0.4, 0.5) is 0 Å². The Labute approximate surface area is 263 Å². The number of aryl methyl sites for hydroxylation is 4. The molecule has 0 saturated heterocycles. The fourth-order valence-corrected chi connectivity index (χ4v) is 5.66. The second kappa shape index (κ2) is 12.6. The molecule has 5 aromatic carbocycles. The summed E-state index contributed by atoms with van der Waals surface area (Å²) in [6, 6.07) is 35.3. The number of pyridine rings is 1. The molecule has 5 nitrogen and oxygen atoms in total. The van der Waals surface area contributed by atoms with E-state index in [2.05, 4.69) is 54.0 Å². The highest BCUT2D eigenvalue weighted by Crippen LogP contribution is 2.31. The standard InChI is InChI=1S/C40H34NO4/c1-26-14-16-29(17-15-26)18-19-30-20-21-34-36(24-30)41(4)35-13-9-8-12-33(35)37(34)40(43)45-38-27(2)22-32(23-28(38)3)39(42)44-25-31-10-6-5-7-11-31/h5-24H,25H2,1-4H3/q+1/b19-18+. The van der Waals surface area contributed by atoms with Crippen LogP contribution < -0.4 is 9.30 Å². The zero-order valence-electron chi connectivity index (χ0n) is 25.8. The number of ether oxygens (including phenoxy) is 2. The predicted molar refractivity (Wildman–Crippen MR) is 179 cm³/mol. The third kappa shape index (κ3) is 6.24. The normalized spacial score (nSPS) is 11.3. The Balaban J connectivity index is 1.32. The van der Waals surface area contributed by atoms with E-state index >= 15 is 0 Å². The van der Waals surface area contributed by atoms with Gasteiger partial charge in [0.25, 0.3) is 0 Å². The van der Waals surface area contributed by atoms with E-state index in [-0.39, 0.29) is 6.61 Å². The summed E-state index contributed by atoms with van der Waals surface area (Å²) in [6.45, 7) is 5.92. The summed E-state index contributed by atoms with van der Waals surface area (Å²) in [4.78, 5) is 26.9. The van der Waals surface area contributed by atoms with Crippen molar-refractivity contribution in [1.29, 1.82) is 0 Å². The van der Waals surface area contributed by atoms with Crippen molar-refractivity contribution in [3.05, 3.63) is 154 Å². The van der Waals surface area contributed by atoms with Crippen LogP contribution in [0.3, 0.4) is 0 Å². The van der Waals surface area contributed by atoms with Crippen LogP contribution in [0.5, 0.6) is 5.75 Å². The van der Waals surface area contributed by atoms with Crippen molar-refractivity contribution >= 4 is 45.9 Å². The molecule has 1 aromatic heterocycles. The minimum absolute atomic E-state index is 0.184. The van der Waals surface area contributed by atoms with Gasteiger partial charge in [0.1, 0.15) is 19.4 Å². The van der Waals surface area contributed by atoms with Gasteiger partial charge in [-0.3, -0.25) is 0 Å². The Morgan fingerprint density at radius 3 is 2.02 bits per heavy atom. The largest absolute Gasteiger partial charge is 0.457 e. The molecule has 0 atom stereocenters. The monoisotopic (exact) mass is 592 g/mol. The number of esters is 2. The first-order valence-corrected chi connectivity index (χ1v) is 14.9. The van der Waals surface area contributed by atoms with Gasteiger partial charge in [-0.15, -0.1) is 0 Å². The van der Waals surface area contributed by atoms with E-state index in [0.29, 0.717) is 28.0 Å². The van der Waals surface area contributed by atoms with E-state index in [9.17, 15) is 9.59 Å². The number of hydrogen-bond donors (Lipinski definition) is 0. The number of hydrogen-bond acceptors (Lipinski definition) is 4. The molecular formula is C40H34NO4+. The molecule has 0 aliphatic heterocycles. The molecule has 0 fully saturated rings. The van der Waals surface area contributed by atoms with Crippen molar-refractivity contribution in [3.63, 3.8) is 0 Å². The molecule has 0 aliphatic rings. The van der Waals surface area contributed by atoms with E-state index in [1.807, 2.05) is 87.6 Å². The van der Waals surface area contributed by atoms with E-state index in [4.69, 9.17) is 9.47 Å². The third-order valence-electron chi connectivity index (χ3n) is 8.04. The van der Waals surface area contributed by atoms with Gasteiger partial charge in [0.2, 0.25) is 11.0 Å². The molecule has 45 heavy (non-hydrogen) atoms. The van der Waals surface area contributed by atoms with Crippen LogP contribution in [0, 0.1) is 20.8 Å². The maximum atomic E-state index is 14.0. The van der Waals surface area contributed by atoms with Gasteiger partial charge in [-0.05, 0) is 72.9 Å². The Kier molecular flexibility index (Phi) is 8.26. The van der Waals surface area contributed by atoms with Gasteiger partial charge in [-0.2, -0.15) is 4.57 Å². The number of nitrogens with zero attached hydrogens (tertiary/aromatic N) is 1. The van der Waals surface area contributed by atoms with Crippen molar-refractivity contribution in [2.45, 2.75) is 27.4 Å². The molecule has 5 heteroatoms. The average molecular weight is 593 g/mol. The molecule has 0 unspecified atom stereocenters. The van der Waals surface area contributed by atoms with Gasteiger partial charge >= 0.3 is 11.9 Å². The number of rotatable bonds is 7. The quantitative estimate of drug-likeness (QED) is 0.0613. The van der Waals surface area contributed by atoms with Crippen LogP contribution in [-0.2, 0) is 18.4 Å². The van der Waals surface area contributed by atoms with Crippen molar-refractivity contribution in [2.75, 3.05) is 0 Å². The summed E-state index contributed by atoms with van der Waals surface area (Å²) < 4.78 is 13.7. The Bertz CT molecular complexity index is 2070. The maximum absolute atomic E-state index is 14.0. The lowest BCUT2D eigenvalue weighted by Crippen LogP contribution is -2.31. The first-order chi connectivity index (χ1) is 21.8. The Morgan fingerprint density at radius 1 is 0.667 bits per heavy atom. The zero-order valence-corrected chi connectivity index (χ0v) is 25.8.